The lowest BCUT2D eigenvalue weighted by molar-refractivity contribution is 0.145. The minimum Gasteiger partial charge on any atom is -0.227 e. The van der Waals surface area contributed by atoms with Gasteiger partial charge in [0.15, 0.2) is 0 Å². The topological polar surface area (TPSA) is 36.7 Å². The molecular weight excluding hydrogens is 169 g/mol. The van der Waals surface area contributed by atoms with Gasteiger partial charge in [0.25, 0.3) is 6.43 Å². The molecule has 0 amide bonds. The molecule has 0 aliphatic carbocycles. The third kappa shape index (κ3) is 1.53. The zero-order valence-electron chi connectivity index (χ0n) is 5.76. The van der Waals surface area contributed by atoms with Crippen LogP contribution in [0.5, 0.6) is 0 Å². The Morgan fingerprint density at radius 2 is 2.17 bits per heavy atom. The van der Waals surface area contributed by atoms with Gasteiger partial charge in [0.2, 0.25) is 5.95 Å². The monoisotopic (exact) mass is 172 g/mol. The van der Waals surface area contributed by atoms with Crippen LogP contribution in [0.3, 0.4) is 0 Å². The maximum atomic E-state index is 12.5. The molecule has 0 saturated carbocycles. The van der Waals surface area contributed by atoms with Gasteiger partial charge >= 0.3 is 0 Å². The summed E-state index contributed by atoms with van der Waals surface area (Å²) in [4.78, 5) is 3.00. The fourth-order valence-corrected chi connectivity index (χ4v) is 0.679. The van der Waals surface area contributed by atoms with Crippen molar-refractivity contribution in [2.75, 3.05) is 0 Å². The summed E-state index contributed by atoms with van der Waals surface area (Å²) in [5.74, 6) is -1.23. The molecule has 1 aromatic heterocycles. The number of halogens is 3. The molecule has 0 unspecified atom stereocenters. The minimum atomic E-state index is -2.94. The predicted octanol–water partition coefficient (Wildman–Crippen LogP) is 2.03. The first-order chi connectivity index (χ1) is 5.65. The Bertz CT molecular complexity index is 330. The smallest absolute Gasteiger partial charge is 0.227 e. The molecule has 0 saturated heterocycles. The maximum Gasteiger partial charge on any atom is 0.268 e. The van der Waals surface area contributed by atoms with Crippen molar-refractivity contribution in [3.8, 4) is 6.07 Å². The third-order valence-electron chi connectivity index (χ3n) is 1.23. The molecule has 1 aromatic rings. The van der Waals surface area contributed by atoms with Gasteiger partial charge in [0, 0.05) is 6.20 Å². The zero-order chi connectivity index (χ0) is 9.14. The second kappa shape index (κ2) is 3.22. The van der Waals surface area contributed by atoms with Crippen LogP contribution in [-0.2, 0) is 0 Å². The fourth-order valence-electron chi connectivity index (χ4n) is 0.679. The van der Waals surface area contributed by atoms with E-state index in [0.29, 0.717) is 0 Å². The normalized spacial score (nSPS) is 9.92. The van der Waals surface area contributed by atoms with E-state index in [2.05, 4.69) is 4.98 Å². The van der Waals surface area contributed by atoms with Crippen LogP contribution in [0.15, 0.2) is 12.3 Å². The van der Waals surface area contributed by atoms with Gasteiger partial charge in [-0.25, -0.2) is 13.8 Å². The molecule has 1 heterocycles. The average molecular weight is 172 g/mol. The van der Waals surface area contributed by atoms with Crippen molar-refractivity contribution < 1.29 is 13.2 Å². The Balaban J connectivity index is 3.19. The van der Waals surface area contributed by atoms with E-state index in [0.717, 1.165) is 12.3 Å². The predicted molar refractivity (Wildman–Crippen MR) is 33.9 cm³/mol. The third-order valence-corrected chi connectivity index (χ3v) is 1.23. The van der Waals surface area contributed by atoms with E-state index in [1.165, 1.54) is 0 Å². The molecule has 0 aliphatic heterocycles. The molecule has 0 bridgehead atoms. The molecule has 0 radical (unpaired) electrons. The van der Waals surface area contributed by atoms with Crippen LogP contribution < -0.4 is 0 Å². The highest BCUT2D eigenvalue weighted by Crippen LogP contribution is 2.20. The van der Waals surface area contributed by atoms with Gasteiger partial charge in [-0.2, -0.15) is 9.65 Å². The van der Waals surface area contributed by atoms with Gasteiger partial charge in [-0.1, -0.05) is 0 Å². The Hall–Kier alpha value is -1.57. The maximum absolute atomic E-state index is 12.5. The summed E-state index contributed by atoms with van der Waals surface area (Å²) < 4.78 is 36.4. The number of rotatable bonds is 1. The molecule has 0 aromatic carbocycles. The van der Waals surface area contributed by atoms with E-state index < -0.39 is 17.9 Å². The second-order valence-electron chi connectivity index (χ2n) is 2.02. The van der Waals surface area contributed by atoms with Gasteiger partial charge < -0.3 is 0 Å². The lowest BCUT2D eigenvalue weighted by Gasteiger charge is -1.99. The summed E-state index contributed by atoms with van der Waals surface area (Å²) in [5.41, 5.74) is -0.916. The Morgan fingerprint density at radius 1 is 1.50 bits per heavy atom. The lowest BCUT2D eigenvalue weighted by Crippen LogP contribution is -1.95. The summed E-state index contributed by atoms with van der Waals surface area (Å²) in [7, 11) is 0. The van der Waals surface area contributed by atoms with Crippen LogP contribution in [0, 0.1) is 17.3 Å². The summed E-state index contributed by atoms with van der Waals surface area (Å²) in [5, 5.41) is 8.28. The number of pyridine rings is 1. The van der Waals surface area contributed by atoms with Gasteiger partial charge in [-0.05, 0) is 6.07 Å². The van der Waals surface area contributed by atoms with E-state index in [4.69, 9.17) is 5.26 Å². The molecule has 0 aliphatic rings. The molecular formula is C7H3F3N2. The molecule has 12 heavy (non-hydrogen) atoms. The Kier molecular flexibility index (Phi) is 2.29. The number of alkyl halides is 2. The van der Waals surface area contributed by atoms with Crippen LogP contribution in [-0.4, -0.2) is 4.98 Å². The van der Waals surface area contributed by atoms with Crippen LogP contribution in [0.2, 0.25) is 0 Å². The molecule has 0 N–H and O–H groups in total. The number of hydrogen-bond donors (Lipinski definition) is 0. The summed E-state index contributed by atoms with van der Waals surface area (Å²) >= 11 is 0. The van der Waals surface area contributed by atoms with Gasteiger partial charge in [-0.3, -0.25) is 0 Å². The highest BCUT2D eigenvalue weighted by Gasteiger charge is 2.14. The van der Waals surface area contributed by atoms with Crippen LogP contribution in [0.25, 0.3) is 0 Å². The first kappa shape index (κ1) is 8.53. The van der Waals surface area contributed by atoms with E-state index in [9.17, 15) is 13.2 Å². The van der Waals surface area contributed by atoms with Crippen molar-refractivity contribution >= 4 is 0 Å². The summed E-state index contributed by atoms with van der Waals surface area (Å²) in [6, 6.07) is 2.37. The quantitative estimate of drug-likeness (QED) is 0.607. The first-order valence-corrected chi connectivity index (χ1v) is 2.99. The minimum absolute atomic E-state index is 0.0771. The standard InChI is InChI=1S/C7H3F3N2/c8-6(9)5-1-4(2-11)3-12-7(5)10/h1,3,6H. The van der Waals surface area contributed by atoms with Crippen LogP contribution >= 0.6 is 0 Å². The van der Waals surface area contributed by atoms with Crippen molar-refractivity contribution in [2.24, 2.45) is 0 Å². The van der Waals surface area contributed by atoms with Crippen molar-refractivity contribution in [3.63, 3.8) is 0 Å². The Morgan fingerprint density at radius 3 is 2.67 bits per heavy atom. The van der Waals surface area contributed by atoms with E-state index in [1.54, 1.807) is 6.07 Å². The van der Waals surface area contributed by atoms with E-state index >= 15 is 0 Å². The number of aromatic nitrogens is 1. The SMILES string of the molecule is N#Cc1cnc(F)c(C(F)F)c1. The molecule has 1 rings (SSSR count). The highest BCUT2D eigenvalue weighted by atomic mass is 19.3. The van der Waals surface area contributed by atoms with Crippen molar-refractivity contribution in [2.45, 2.75) is 6.43 Å². The number of hydrogen-bond acceptors (Lipinski definition) is 2. The average Bonchev–Trinajstić information content (AvgIpc) is 2.05. The Labute approximate surface area is 66.3 Å². The molecule has 5 heteroatoms. The van der Waals surface area contributed by atoms with E-state index in [1.807, 2.05) is 0 Å². The molecule has 62 valence electrons. The molecule has 0 spiro atoms. The summed E-state index contributed by atoms with van der Waals surface area (Å²) in [6.45, 7) is 0. The molecule has 0 fully saturated rings. The van der Waals surface area contributed by atoms with Gasteiger partial charge in [0.05, 0.1) is 11.1 Å². The van der Waals surface area contributed by atoms with E-state index in [-0.39, 0.29) is 5.56 Å². The van der Waals surface area contributed by atoms with Gasteiger partial charge in [-0.15, -0.1) is 0 Å². The number of nitrogens with zero attached hydrogens (tertiary/aromatic N) is 2. The lowest BCUT2D eigenvalue weighted by atomic mass is 10.2. The fraction of sp³-hybridized carbons (Fsp3) is 0.143. The van der Waals surface area contributed by atoms with Crippen molar-refractivity contribution in [1.29, 1.82) is 5.26 Å². The molecule has 0 atom stereocenters. The first-order valence-electron chi connectivity index (χ1n) is 2.99. The van der Waals surface area contributed by atoms with Crippen molar-refractivity contribution in [1.82, 2.24) is 4.98 Å². The van der Waals surface area contributed by atoms with Crippen LogP contribution in [0.4, 0.5) is 13.2 Å². The zero-order valence-corrected chi connectivity index (χ0v) is 5.76. The number of nitriles is 1. The largest absolute Gasteiger partial charge is 0.268 e. The molecule has 2 nitrogen and oxygen atoms in total. The summed E-state index contributed by atoms with van der Waals surface area (Å²) in [6.07, 6.45) is -2.04. The highest BCUT2D eigenvalue weighted by molar-refractivity contribution is 5.30. The van der Waals surface area contributed by atoms with Crippen LogP contribution in [0.1, 0.15) is 17.6 Å². The van der Waals surface area contributed by atoms with Gasteiger partial charge in [0.1, 0.15) is 6.07 Å². The second-order valence-corrected chi connectivity index (χ2v) is 2.02. The van der Waals surface area contributed by atoms with Crippen molar-refractivity contribution in [3.05, 3.63) is 29.3 Å².